The van der Waals surface area contributed by atoms with Gasteiger partial charge in [0.2, 0.25) is 0 Å². The largest absolute Gasteiger partial charge is 1.00 e. The van der Waals surface area contributed by atoms with Crippen LogP contribution in [-0.2, 0) is 25.0 Å². The van der Waals surface area contributed by atoms with Crippen molar-refractivity contribution in [3.8, 4) is 11.6 Å². The SMILES string of the molecule is CC1=NN(c2ccc(S(=O)(=O)[O-])cc2)C(=O)C1=CC=Cc1c(C)nn(-c2ccc(S(=O)(=O)O)cc2)c1[O-].[K+].[K+]. The molecule has 1 aliphatic heterocycles. The van der Waals surface area contributed by atoms with Crippen LogP contribution in [0.1, 0.15) is 18.2 Å². The fraction of sp³-hybridized carbons (Fsp3) is 0.0870. The van der Waals surface area contributed by atoms with E-state index in [1.54, 1.807) is 13.8 Å². The average molecular weight is 621 g/mol. The van der Waals surface area contributed by atoms with Gasteiger partial charge in [-0.1, -0.05) is 12.2 Å². The summed E-state index contributed by atoms with van der Waals surface area (Å²) < 4.78 is 65.9. The van der Waals surface area contributed by atoms with Crippen molar-refractivity contribution in [3.05, 3.63) is 77.5 Å². The summed E-state index contributed by atoms with van der Waals surface area (Å²) in [6, 6.07) is 9.72. The summed E-state index contributed by atoms with van der Waals surface area (Å²) >= 11 is 0. The second kappa shape index (κ2) is 13.4. The molecule has 2 heterocycles. The Balaban J connectivity index is 0.00000267. The Morgan fingerprint density at radius 1 is 0.897 bits per heavy atom. The maximum absolute atomic E-state index is 12.9. The molecule has 1 aliphatic rings. The van der Waals surface area contributed by atoms with E-state index in [0.717, 1.165) is 34.0 Å². The van der Waals surface area contributed by atoms with E-state index in [0.29, 0.717) is 17.1 Å². The number of anilines is 1. The Kier molecular flexibility index (Phi) is 11.8. The summed E-state index contributed by atoms with van der Waals surface area (Å²) in [5.74, 6) is -0.974. The van der Waals surface area contributed by atoms with E-state index in [4.69, 9.17) is 4.55 Å². The Morgan fingerprint density at radius 3 is 1.97 bits per heavy atom. The van der Waals surface area contributed by atoms with Crippen LogP contribution in [0.4, 0.5) is 5.69 Å². The molecular formula is C23H18K2N4O8S2. The van der Waals surface area contributed by atoms with E-state index < -0.39 is 36.9 Å². The van der Waals surface area contributed by atoms with Crippen LogP contribution >= 0.6 is 0 Å². The van der Waals surface area contributed by atoms with E-state index in [1.165, 1.54) is 42.5 Å². The van der Waals surface area contributed by atoms with Gasteiger partial charge in [0.25, 0.3) is 16.0 Å². The third-order valence-corrected chi connectivity index (χ3v) is 7.12. The van der Waals surface area contributed by atoms with Crippen LogP contribution in [0.2, 0.25) is 0 Å². The Labute approximate surface area is 309 Å². The Hall–Kier alpha value is -0.837. The summed E-state index contributed by atoms with van der Waals surface area (Å²) in [6.45, 7) is 3.21. The van der Waals surface area contributed by atoms with E-state index >= 15 is 0 Å². The number of carbonyl (C=O) groups excluding carboxylic acids is 1. The molecule has 0 spiro atoms. The molecule has 0 aliphatic carbocycles. The van der Waals surface area contributed by atoms with Crippen molar-refractivity contribution in [1.82, 2.24) is 9.78 Å². The number of nitrogens with zero attached hydrogens (tertiary/aromatic N) is 4. The normalized spacial score (nSPS) is 14.9. The molecule has 3 aromatic rings. The molecule has 16 heteroatoms. The fourth-order valence-electron chi connectivity index (χ4n) is 3.52. The van der Waals surface area contributed by atoms with Crippen molar-refractivity contribution in [2.45, 2.75) is 23.6 Å². The third kappa shape index (κ3) is 7.72. The minimum absolute atomic E-state index is 0. The first-order valence-electron chi connectivity index (χ1n) is 10.5. The summed E-state index contributed by atoms with van der Waals surface area (Å²) in [4.78, 5) is 12.1. The maximum atomic E-state index is 12.9. The first-order chi connectivity index (χ1) is 17.3. The first-order valence-corrected chi connectivity index (χ1v) is 13.3. The fourth-order valence-corrected chi connectivity index (χ4v) is 4.47. The van der Waals surface area contributed by atoms with E-state index in [-0.39, 0.29) is 124 Å². The molecule has 0 radical (unpaired) electrons. The molecule has 2 aromatic carbocycles. The van der Waals surface area contributed by atoms with Crippen LogP contribution in [0.15, 0.2) is 81.1 Å². The van der Waals surface area contributed by atoms with Crippen LogP contribution in [0, 0.1) is 6.92 Å². The smallest absolute Gasteiger partial charge is 0.858 e. The van der Waals surface area contributed by atoms with Crippen LogP contribution in [0.3, 0.4) is 0 Å². The molecule has 4 rings (SSSR count). The molecule has 1 aromatic heterocycles. The number of hydrogen-bond acceptors (Lipinski definition) is 9. The topological polar surface area (TPSA) is 185 Å². The molecule has 0 atom stereocenters. The maximum Gasteiger partial charge on any atom is 1.00 e. The Bertz CT molecular complexity index is 1710. The van der Waals surface area contributed by atoms with Crippen LogP contribution < -0.4 is 113 Å². The summed E-state index contributed by atoms with van der Waals surface area (Å²) in [7, 11) is -9.00. The molecule has 1 N–H and O–H groups in total. The van der Waals surface area contributed by atoms with Crippen molar-refractivity contribution in [3.63, 3.8) is 0 Å². The molecule has 12 nitrogen and oxygen atoms in total. The number of aryl methyl sites for hydroxylation is 1. The monoisotopic (exact) mass is 620 g/mol. The zero-order chi connectivity index (χ0) is 27.1. The summed E-state index contributed by atoms with van der Waals surface area (Å²) in [5, 5.41) is 22.3. The number of rotatable bonds is 6. The van der Waals surface area contributed by atoms with Crippen LogP contribution in [0.5, 0.6) is 5.88 Å². The quantitative estimate of drug-likeness (QED) is 0.162. The number of benzene rings is 2. The van der Waals surface area contributed by atoms with Crippen molar-refractivity contribution >= 4 is 43.6 Å². The van der Waals surface area contributed by atoms with Gasteiger partial charge in [0.15, 0.2) is 0 Å². The van der Waals surface area contributed by atoms with E-state index in [2.05, 4.69) is 10.2 Å². The summed E-state index contributed by atoms with van der Waals surface area (Å²) in [5.41, 5.74) is 1.79. The van der Waals surface area contributed by atoms with Crippen molar-refractivity contribution in [2.24, 2.45) is 5.10 Å². The zero-order valence-corrected chi connectivity index (χ0v) is 29.1. The molecule has 0 fully saturated rings. The first kappa shape index (κ1) is 34.4. The van der Waals surface area contributed by atoms with Crippen molar-refractivity contribution in [1.29, 1.82) is 0 Å². The van der Waals surface area contributed by atoms with Gasteiger partial charge in [-0.2, -0.15) is 23.6 Å². The summed E-state index contributed by atoms with van der Waals surface area (Å²) in [6.07, 6.45) is 4.42. The van der Waals surface area contributed by atoms with Gasteiger partial charge < -0.3 is 9.66 Å². The molecule has 0 unspecified atom stereocenters. The molecule has 0 saturated carbocycles. The average Bonchev–Trinajstić information content (AvgIpc) is 3.28. The van der Waals surface area contributed by atoms with Gasteiger partial charge in [0.05, 0.1) is 38.1 Å². The second-order valence-corrected chi connectivity index (χ2v) is 10.7. The molecule has 1 amide bonds. The van der Waals surface area contributed by atoms with E-state index in [9.17, 15) is 31.3 Å². The molecule has 0 bridgehead atoms. The predicted octanol–water partition coefficient (Wildman–Crippen LogP) is -4.22. The van der Waals surface area contributed by atoms with E-state index in [1.807, 2.05) is 0 Å². The molecular weight excluding hydrogens is 603 g/mol. The number of amides is 1. The van der Waals surface area contributed by atoms with Gasteiger partial charge in [0.1, 0.15) is 10.1 Å². The minimum Gasteiger partial charge on any atom is -0.858 e. The Morgan fingerprint density at radius 2 is 1.44 bits per heavy atom. The minimum atomic E-state index is -4.62. The molecule has 192 valence electrons. The molecule has 39 heavy (non-hydrogen) atoms. The van der Waals surface area contributed by atoms with Gasteiger partial charge in [-0.3, -0.25) is 9.35 Å². The second-order valence-electron chi connectivity index (χ2n) is 7.87. The number of aromatic nitrogens is 2. The number of hydrogen-bond donors (Lipinski definition) is 1. The van der Waals surface area contributed by atoms with Crippen LogP contribution in [-0.4, -0.2) is 47.3 Å². The predicted molar refractivity (Wildman–Crippen MR) is 130 cm³/mol. The van der Waals surface area contributed by atoms with Crippen LogP contribution in [0.25, 0.3) is 11.8 Å². The van der Waals surface area contributed by atoms with Gasteiger partial charge >= 0.3 is 103 Å². The van der Waals surface area contributed by atoms with Crippen molar-refractivity contribution < 1.29 is 139 Å². The zero-order valence-electron chi connectivity index (χ0n) is 21.3. The van der Waals surface area contributed by atoms with Gasteiger partial charge in [-0.25, -0.2) is 13.1 Å². The standard InChI is InChI=1S/C23H20N4O8S2.2K/c1-14-20(22(28)26(24-14)16-6-10-18(11-7-16)36(30,31)32)4-3-5-21-15(2)25-27(23(21)29)17-8-12-19(13-9-17)37(33,34)35;;/h3-13,28H,1-2H3,(H,30,31,32)(H,33,34,35);;/q;2*+1/p-2. The third-order valence-electron chi connectivity index (χ3n) is 5.40. The number of hydrazone groups is 1. The number of allylic oxidation sites excluding steroid dienone is 2. The van der Waals surface area contributed by atoms with Gasteiger partial charge in [0, 0.05) is 5.56 Å². The van der Waals surface area contributed by atoms with Gasteiger partial charge in [-0.15, -0.1) is 0 Å². The van der Waals surface area contributed by atoms with Crippen molar-refractivity contribution in [2.75, 3.05) is 5.01 Å². The van der Waals surface area contributed by atoms with Gasteiger partial charge in [-0.05, 0) is 74.3 Å². The molecule has 0 saturated heterocycles. The number of carbonyl (C=O) groups is 1.